The number of halogens is 1. The molecule has 1 unspecified atom stereocenters. The van der Waals surface area contributed by atoms with Crippen LogP contribution in [0, 0.1) is 3.57 Å². The Morgan fingerprint density at radius 3 is 2.77 bits per heavy atom. The zero-order valence-electron chi connectivity index (χ0n) is 12.0. The lowest BCUT2D eigenvalue weighted by Crippen LogP contribution is -2.44. The predicted molar refractivity (Wildman–Crippen MR) is 90.7 cm³/mol. The van der Waals surface area contributed by atoms with E-state index < -0.39 is 0 Å². The Labute approximate surface area is 142 Å². The van der Waals surface area contributed by atoms with Crippen molar-refractivity contribution in [2.75, 3.05) is 13.1 Å². The summed E-state index contributed by atoms with van der Waals surface area (Å²) in [4.78, 5) is 22.7. The van der Waals surface area contributed by atoms with Gasteiger partial charge in [-0.2, -0.15) is 0 Å². The van der Waals surface area contributed by atoms with Gasteiger partial charge in [0.25, 0.3) is 5.91 Å². The molecule has 0 aliphatic carbocycles. The van der Waals surface area contributed by atoms with Crippen LogP contribution in [-0.2, 0) is 0 Å². The topological polar surface area (TPSA) is 55.3 Å². The van der Waals surface area contributed by atoms with Crippen LogP contribution in [0.3, 0.4) is 0 Å². The quantitative estimate of drug-likeness (QED) is 0.732. The van der Waals surface area contributed by atoms with Crippen LogP contribution in [0.5, 0.6) is 6.01 Å². The second-order valence-corrected chi connectivity index (χ2v) is 6.31. The zero-order chi connectivity index (χ0) is 15.4. The van der Waals surface area contributed by atoms with E-state index in [1.54, 1.807) is 18.5 Å². The maximum absolute atomic E-state index is 12.7. The molecule has 1 amide bonds. The minimum absolute atomic E-state index is 0.0542. The van der Waals surface area contributed by atoms with Crippen molar-refractivity contribution in [2.24, 2.45) is 0 Å². The summed E-state index contributed by atoms with van der Waals surface area (Å²) in [5.74, 6) is 0.0623. The van der Waals surface area contributed by atoms with Gasteiger partial charge in [0.2, 0.25) is 0 Å². The number of likely N-dealkylation sites (tertiary alicyclic amines) is 1. The maximum Gasteiger partial charge on any atom is 0.316 e. The van der Waals surface area contributed by atoms with Crippen molar-refractivity contribution in [1.82, 2.24) is 14.9 Å². The Morgan fingerprint density at radius 1 is 1.23 bits per heavy atom. The molecule has 3 rings (SSSR count). The summed E-state index contributed by atoms with van der Waals surface area (Å²) in [7, 11) is 0. The zero-order valence-corrected chi connectivity index (χ0v) is 14.1. The van der Waals surface area contributed by atoms with E-state index in [0.717, 1.165) is 28.5 Å². The van der Waals surface area contributed by atoms with Crippen molar-refractivity contribution >= 4 is 28.5 Å². The lowest BCUT2D eigenvalue weighted by Gasteiger charge is -2.32. The normalized spacial score (nSPS) is 18.0. The average molecular weight is 409 g/mol. The molecule has 1 atom stereocenters. The van der Waals surface area contributed by atoms with Gasteiger partial charge < -0.3 is 9.64 Å². The third-order valence-electron chi connectivity index (χ3n) is 3.58. The largest absolute Gasteiger partial charge is 0.458 e. The number of aromatic nitrogens is 2. The molecule has 2 aromatic rings. The first-order valence-corrected chi connectivity index (χ1v) is 8.29. The molecule has 2 heterocycles. The molecule has 0 N–H and O–H groups in total. The predicted octanol–water partition coefficient (Wildman–Crippen LogP) is 2.76. The minimum Gasteiger partial charge on any atom is -0.458 e. The summed E-state index contributed by atoms with van der Waals surface area (Å²) in [5.41, 5.74) is 0.750. The molecule has 0 bridgehead atoms. The van der Waals surface area contributed by atoms with Crippen molar-refractivity contribution in [2.45, 2.75) is 18.9 Å². The van der Waals surface area contributed by atoms with Gasteiger partial charge in [-0.1, -0.05) is 12.1 Å². The molecular weight excluding hydrogens is 393 g/mol. The fourth-order valence-corrected chi connectivity index (χ4v) is 3.14. The first kappa shape index (κ1) is 15.2. The first-order valence-electron chi connectivity index (χ1n) is 7.21. The third kappa shape index (κ3) is 3.55. The van der Waals surface area contributed by atoms with Crippen LogP contribution in [0.15, 0.2) is 42.7 Å². The van der Waals surface area contributed by atoms with Gasteiger partial charge in [-0.25, -0.2) is 9.97 Å². The molecule has 1 aromatic carbocycles. The summed E-state index contributed by atoms with van der Waals surface area (Å²) in [6, 6.07) is 9.77. The SMILES string of the molecule is O=C(c1ccccc1I)N1CCCC(Oc2ncccn2)C1. The highest BCUT2D eigenvalue weighted by molar-refractivity contribution is 14.1. The number of carbonyl (C=O) groups is 1. The summed E-state index contributed by atoms with van der Waals surface area (Å²) in [6.45, 7) is 1.33. The summed E-state index contributed by atoms with van der Waals surface area (Å²) in [6.07, 6.45) is 5.09. The summed E-state index contributed by atoms with van der Waals surface area (Å²) < 4.78 is 6.76. The molecule has 114 valence electrons. The van der Waals surface area contributed by atoms with Crippen LogP contribution in [0.1, 0.15) is 23.2 Å². The van der Waals surface area contributed by atoms with Gasteiger partial charge in [-0.05, 0) is 53.6 Å². The number of hydrogen-bond donors (Lipinski definition) is 0. The Balaban J connectivity index is 1.68. The highest BCUT2D eigenvalue weighted by Gasteiger charge is 2.26. The molecule has 0 radical (unpaired) electrons. The van der Waals surface area contributed by atoms with E-state index in [0.29, 0.717) is 12.6 Å². The molecule has 5 nitrogen and oxygen atoms in total. The number of piperidine rings is 1. The molecule has 22 heavy (non-hydrogen) atoms. The van der Waals surface area contributed by atoms with Crippen molar-refractivity contribution < 1.29 is 9.53 Å². The van der Waals surface area contributed by atoms with Crippen LogP contribution >= 0.6 is 22.6 Å². The van der Waals surface area contributed by atoms with E-state index in [1.165, 1.54) is 0 Å². The highest BCUT2D eigenvalue weighted by Crippen LogP contribution is 2.19. The molecular formula is C16H16IN3O2. The van der Waals surface area contributed by atoms with E-state index in [-0.39, 0.29) is 12.0 Å². The van der Waals surface area contributed by atoms with Crippen molar-refractivity contribution in [1.29, 1.82) is 0 Å². The van der Waals surface area contributed by atoms with Gasteiger partial charge >= 0.3 is 6.01 Å². The Morgan fingerprint density at radius 2 is 2.00 bits per heavy atom. The van der Waals surface area contributed by atoms with Crippen LogP contribution in [-0.4, -0.2) is 40.0 Å². The van der Waals surface area contributed by atoms with Gasteiger partial charge in [0.05, 0.1) is 12.1 Å². The number of benzene rings is 1. The van der Waals surface area contributed by atoms with Crippen LogP contribution < -0.4 is 4.74 Å². The lowest BCUT2D eigenvalue weighted by molar-refractivity contribution is 0.0515. The van der Waals surface area contributed by atoms with Gasteiger partial charge in [-0.3, -0.25) is 4.79 Å². The molecule has 0 spiro atoms. The fraction of sp³-hybridized carbons (Fsp3) is 0.312. The van der Waals surface area contributed by atoms with Crippen molar-refractivity contribution in [3.63, 3.8) is 0 Å². The van der Waals surface area contributed by atoms with Gasteiger partial charge in [0.1, 0.15) is 6.10 Å². The molecule has 0 saturated carbocycles. The molecule has 1 aromatic heterocycles. The molecule has 1 fully saturated rings. The number of amides is 1. The Hall–Kier alpha value is -1.70. The van der Waals surface area contributed by atoms with Crippen molar-refractivity contribution in [3.05, 3.63) is 51.9 Å². The lowest BCUT2D eigenvalue weighted by atomic mass is 10.1. The second kappa shape index (κ2) is 7.04. The summed E-state index contributed by atoms with van der Waals surface area (Å²) in [5, 5.41) is 0. The third-order valence-corrected chi connectivity index (χ3v) is 4.52. The average Bonchev–Trinajstić information content (AvgIpc) is 2.56. The van der Waals surface area contributed by atoms with Crippen LogP contribution in [0.25, 0.3) is 0 Å². The van der Waals surface area contributed by atoms with E-state index >= 15 is 0 Å². The van der Waals surface area contributed by atoms with Crippen LogP contribution in [0.4, 0.5) is 0 Å². The second-order valence-electron chi connectivity index (χ2n) is 5.14. The van der Waals surface area contributed by atoms with E-state index in [4.69, 9.17) is 4.74 Å². The first-order chi connectivity index (χ1) is 10.7. The van der Waals surface area contributed by atoms with Gasteiger partial charge in [0.15, 0.2) is 0 Å². The van der Waals surface area contributed by atoms with Gasteiger partial charge in [0, 0.05) is 22.5 Å². The number of carbonyl (C=O) groups excluding carboxylic acids is 1. The maximum atomic E-state index is 12.7. The molecule has 1 aliphatic rings. The van der Waals surface area contributed by atoms with Crippen molar-refractivity contribution in [3.8, 4) is 6.01 Å². The Kier molecular flexibility index (Phi) is 4.87. The molecule has 1 aliphatic heterocycles. The van der Waals surface area contributed by atoms with Gasteiger partial charge in [-0.15, -0.1) is 0 Å². The van der Waals surface area contributed by atoms with E-state index in [1.807, 2.05) is 29.2 Å². The fourth-order valence-electron chi connectivity index (χ4n) is 2.52. The highest BCUT2D eigenvalue weighted by atomic mass is 127. The smallest absolute Gasteiger partial charge is 0.316 e. The molecule has 6 heteroatoms. The number of ether oxygens (including phenoxy) is 1. The Bertz CT molecular complexity index is 651. The van der Waals surface area contributed by atoms with E-state index in [9.17, 15) is 4.79 Å². The van der Waals surface area contributed by atoms with Crippen LogP contribution in [0.2, 0.25) is 0 Å². The minimum atomic E-state index is -0.0542. The summed E-state index contributed by atoms with van der Waals surface area (Å²) >= 11 is 2.20. The standard InChI is InChI=1S/C16H16IN3O2/c17-14-7-2-1-6-13(14)15(21)20-10-3-5-12(11-20)22-16-18-8-4-9-19-16/h1-2,4,6-9,12H,3,5,10-11H2. The monoisotopic (exact) mass is 409 g/mol. The number of hydrogen-bond acceptors (Lipinski definition) is 4. The number of nitrogens with zero attached hydrogens (tertiary/aromatic N) is 3. The number of rotatable bonds is 3. The molecule has 1 saturated heterocycles. The van der Waals surface area contributed by atoms with E-state index in [2.05, 4.69) is 32.6 Å².